The molecule has 2 aromatic carbocycles. The van der Waals surface area contributed by atoms with Crippen molar-refractivity contribution < 1.29 is 4.79 Å². The fourth-order valence-corrected chi connectivity index (χ4v) is 3.08. The van der Waals surface area contributed by atoms with E-state index < -0.39 is 0 Å². The molecule has 0 unspecified atom stereocenters. The molecule has 0 saturated heterocycles. The number of aryl methyl sites for hydroxylation is 1. The van der Waals surface area contributed by atoms with Crippen LogP contribution in [0.3, 0.4) is 0 Å². The van der Waals surface area contributed by atoms with Gasteiger partial charge in [0.2, 0.25) is 0 Å². The molecule has 0 aliphatic carbocycles. The molecule has 0 aliphatic heterocycles. The maximum atomic E-state index is 12.4. The molecule has 28 heavy (non-hydrogen) atoms. The standard InChI is InChI=1S/C22H21Cl2N3O/c1-5-11-25-13-15(3)26-22(28)17-9-10-20(14(2)12-17)27-16(4)21-18(23)7-6-8-19(21)24/h5-13,27H,1,4H2,2-3H3,(H,26,28)/b15-13+,25-11?. The van der Waals surface area contributed by atoms with E-state index in [4.69, 9.17) is 23.2 Å². The van der Waals surface area contributed by atoms with Crippen molar-refractivity contribution in [3.8, 4) is 0 Å². The summed E-state index contributed by atoms with van der Waals surface area (Å²) < 4.78 is 0. The predicted octanol–water partition coefficient (Wildman–Crippen LogP) is 6.23. The number of carbonyl (C=O) groups is 1. The Bertz CT molecular complexity index is 957. The minimum Gasteiger partial charge on any atom is -0.355 e. The van der Waals surface area contributed by atoms with Gasteiger partial charge in [0.15, 0.2) is 0 Å². The first-order valence-corrected chi connectivity index (χ1v) is 9.22. The molecule has 0 heterocycles. The number of rotatable bonds is 7. The van der Waals surface area contributed by atoms with Crippen LogP contribution in [0.5, 0.6) is 0 Å². The summed E-state index contributed by atoms with van der Waals surface area (Å²) in [5.74, 6) is -0.217. The Balaban J connectivity index is 2.15. The summed E-state index contributed by atoms with van der Waals surface area (Å²) in [7, 11) is 0. The second-order valence-corrected chi connectivity index (χ2v) is 6.84. The van der Waals surface area contributed by atoms with Gasteiger partial charge in [0.1, 0.15) is 0 Å². The van der Waals surface area contributed by atoms with E-state index in [0.29, 0.717) is 32.6 Å². The summed E-state index contributed by atoms with van der Waals surface area (Å²) in [6.07, 6.45) is 4.66. The maximum absolute atomic E-state index is 12.4. The van der Waals surface area contributed by atoms with Crippen LogP contribution >= 0.6 is 23.2 Å². The monoisotopic (exact) mass is 413 g/mol. The summed E-state index contributed by atoms with van der Waals surface area (Å²) in [6, 6.07) is 10.6. The third-order valence-corrected chi connectivity index (χ3v) is 4.44. The van der Waals surface area contributed by atoms with Gasteiger partial charge in [-0.3, -0.25) is 9.79 Å². The molecule has 0 radical (unpaired) electrons. The Morgan fingerprint density at radius 3 is 2.46 bits per heavy atom. The summed E-state index contributed by atoms with van der Waals surface area (Å²) in [5, 5.41) is 7.03. The lowest BCUT2D eigenvalue weighted by atomic mass is 10.1. The highest BCUT2D eigenvalue weighted by Gasteiger charge is 2.12. The van der Waals surface area contributed by atoms with E-state index in [1.165, 1.54) is 0 Å². The highest BCUT2D eigenvalue weighted by molar-refractivity contribution is 6.37. The Labute approximate surface area is 175 Å². The number of aliphatic imine (C=N–C) groups is 1. The van der Waals surface area contributed by atoms with E-state index in [-0.39, 0.29) is 5.91 Å². The normalized spacial score (nSPS) is 11.4. The number of halogens is 2. The van der Waals surface area contributed by atoms with E-state index in [1.54, 1.807) is 55.7 Å². The highest BCUT2D eigenvalue weighted by Crippen LogP contribution is 2.31. The molecule has 0 atom stereocenters. The first kappa shape index (κ1) is 21.5. The number of amides is 1. The molecule has 2 N–H and O–H groups in total. The second kappa shape index (κ2) is 9.93. The lowest BCUT2D eigenvalue weighted by molar-refractivity contribution is 0.0966. The quantitative estimate of drug-likeness (QED) is 0.528. The molecular formula is C22H21Cl2N3O. The zero-order valence-corrected chi connectivity index (χ0v) is 17.2. The Morgan fingerprint density at radius 2 is 1.86 bits per heavy atom. The molecule has 0 aromatic heterocycles. The van der Waals surface area contributed by atoms with Crippen LogP contribution < -0.4 is 10.6 Å². The average molecular weight is 414 g/mol. The summed E-state index contributed by atoms with van der Waals surface area (Å²) in [6.45, 7) is 11.2. The smallest absolute Gasteiger partial charge is 0.255 e. The van der Waals surface area contributed by atoms with Gasteiger partial charge in [0, 0.05) is 40.6 Å². The van der Waals surface area contributed by atoms with E-state index >= 15 is 0 Å². The molecule has 0 saturated carbocycles. The average Bonchev–Trinajstić information content (AvgIpc) is 2.63. The van der Waals surface area contributed by atoms with Gasteiger partial charge in [-0.15, -0.1) is 0 Å². The zero-order chi connectivity index (χ0) is 20.7. The van der Waals surface area contributed by atoms with Gasteiger partial charge in [-0.25, -0.2) is 0 Å². The van der Waals surface area contributed by atoms with E-state index in [0.717, 1.165) is 11.3 Å². The molecule has 0 spiro atoms. The maximum Gasteiger partial charge on any atom is 0.255 e. The van der Waals surface area contributed by atoms with Crippen molar-refractivity contribution >= 4 is 46.7 Å². The third kappa shape index (κ3) is 5.59. The lowest BCUT2D eigenvalue weighted by Gasteiger charge is -2.15. The molecule has 4 nitrogen and oxygen atoms in total. The predicted molar refractivity (Wildman–Crippen MR) is 120 cm³/mol. The van der Waals surface area contributed by atoms with Crippen LogP contribution in [0, 0.1) is 6.92 Å². The van der Waals surface area contributed by atoms with Crippen molar-refractivity contribution in [2.24, 2.45) is 4.99 Å². The molecule has 6 heteroatoms. The van der Waals surface area contributed by atoms with Crippen LogP contribution in [0.25, 0.3) is 5.70 Å². The van der Waals surface area contributed by atoms with Gasteiger partial charge in [0.05, 0.1) is 10.0 Å². The Hall–Kier alpha value is -2.82. The topological polar surface area (TPSA) is 53.5 Å². The van der Waals surface area contributed by atoms with Gasteiger partial charge in [-0.2, -0.15) is 0 Å². The molecule has 2 aromatic rings. The fourth-order valence-electron chi connectivity index (χ4n) is 2.46. The summed E-state index contributed by atoms with van der Waals surface area (Å²) in [4.78, 5) is 16.4. The molecule has 0 fully saturated rings. The van der Waals surface area contributed by atoms with Crippen LogP contribution in [0.4, 0.5) is 5.69 Å². The van der Waals surface area contributed by atoms with Crippen LogP contribution in [0.15, 0.2) is 72.5 Å². The number of hydrogen-bond acceptors (Lipinski definition) is 3. The molecule has 0 aliphatic rings. The number of allylic oxidation sites excluding steroid dienone is 2. The van der Waals surface area contributed by atoms with E-state index in [1.807, 2.05) is 13.0 Å². The van der Waals surface area contributed by atoms with E-state index in [9.17, 15) is 4.79 Å². The number of carbonyl (C=O) groups excluding carboxylic acids is 1. The van der Waals surface area contributed by atoms with Crippen LogP contribution in [0.2, 0.25) is 10.0 Å². The zero-order valence-electron chi connectivity index (χ0n) is 15.7. The minimum absolute atomic E-state index is 0.217. The number of benzene rings is 2. The second-order valence-electron chi connectivity index (χ2n) is 6.03. The number of hydrogen-bond donors (Lipinski definition) is 2. The Kier molecular flexibility index (Phi) is 7.61. The minimum atomic E-state index is -0.217. The largest absolute Gasteiger partial charge is 0.355 e. The molecule has 1 amide bonds. The van der Waals surface area contributed by atoms with Crippen LogP contribution in [-0.4, -0.2) is 12.1 Å². The van der Waals surface area contributed by atoms with Crippen molar-refractivity contribution in [1.29, 1.82) is 0 Å². The molecular weight excluding hydrogens is 393 g/mol. The lowest BCUT2D eigenvalue weighted by Crippen LogP contribution is -2.21. The van der Waals surface area contributed by atoms with Gasteiger partial charge < -0.3 is 10.6 Å². The van der Waals surface area contributed by atoms with Crippen molar-refractivity contribution in [2.45, 2.75) is 13.8 Å². The van der Waals surface area contributed by atoms with Crippen LogP contribution in [0.1, 0.15) is 28.4 Å². The number of anilines is 1. The van der Waals surface area contributed by atoms with Crippen molar-refractivity contribution in [2.75, 3.05) is 5.32 Å². The molecule has 2 rings (SSSR count). The van der Waals surface area contributed by atoms with E-state index in [2.05, 4.69) is 28.8 Å². The Morgan fingerprint density at radius 1 is 1.18 bits per heavy atom. The summed E-state index contributed by atoms with van der Waals surface area (Å²) in [5.41, 5.74) is 4.07. The van der Waals surface area contributed by atoms with Gasteiger partial charge in [-0.05, 0) is 49.7 Å². The van der Waals surface area contributed by atoms with Gasteiger partial charge in [-0.1, -0.05) is 48.5 Å². The number of nitrogens with zero attached hydrogens (tertiary/aromatic N) is 1. The molecule has 144 valence electrons. The third-order valence-electron chi connectivity index (χ3n) is 3.81. The molecule has 0 bridgehead atoms. The van der Waals surface area contributed by atoms with Crippen molar-refractivity contribution in [1.82, 2.24) is 5.32 Å². The highest BCUT2D eigenvalue weighted by atomic mass is 35.5. The fraction of sp³-hybridized carbons (Fsp3) is 0.0909. The first-order valence-electron chi connectivity index (χ1n) is 8.46. The van der Waals surface area contributed by atoms with Gasteiger partial charge in [0.25, 0.3) is 5.91 Å². The SMILES string of the molecule is C=CC=N/C=C(\C)NC(=O)c1ccc(NC(=C)c2c(Cl)cccc2Cl)c(C)c1. The van der Waals surface area contributed by atoms with Crippen molar-refractivity contribution in [3.63, 3.8) is 0 Å². The number of nitrogens with one attached hydrogen (secondary N) is 2. The van der Waals surface area contributed by atoms with Crippen molar-refractivity contribution in [3.05, 3.63) is 94.3 Å². The first-order chi connectivity index (χ1) is 13.3. The van der Waals surface area contributed by atoms with Gasteiger partial charge >= 0.3 is 0 Å². The van der Waals surface area contributed by atoms with Crippen LogP contribution in [-0.2, 0) is 0 Å². The summed E-state index contributed by atoms with van der Waals surface area (Å²) >= 11 is 12.5.